The van der Waals surface area contributed by atoms with Crippen LogP contribution in [-0.4, -0.2) is 24.4 Å². The molecule has 0 bridgehead atoms. The Hall–Kier alpha value is -0.0800. The van der Waals surface area contributed by atoms with Crippen molar-refractivity contribution in [3.63, 3.8) is 0 Å². The third-order valence-corrected chi connectivity index (χ3v) is 1.23. The van der Waals surface area contributed by atoms with E-state index in [0.717, 1.165) is 19.4 Å². The van der Waals surface area contributed by atoms with Gasteiger partial charge in [0.2, 0.25) is 0 Å². The van der Waals surface area contributed by atoms with Crippen molar-refractivity contribution < 1.29 is 9.84 Å². The van der Waals surface area contributed by atoms with E-state index < -0.39 is 0 Å². The van der Waals surface area contributed by atoms with E-state index in [4.69, 9.17) is 9.84 Å². The second-order valence-electron chi connectivity index (χ2n) is 1.82. The predicted octanol–water partition coefficient (Wildman–Crippen LogP) is 2.21. The Kier molecular flexibility index (Phi) is 15.4. The highest BCUT2D eigenvalue weighted by Crippen LogP contribution is 2.09. The first kappa shape index (κ1) is 13.5. The van der Waals surface area contributed by atoms with Gasteiger partial charge in [-0.2, -0.15) is 0 Å². The lowest BCUT2D eigenvalue weighted by Gasteiger charge is -2.00. The van der Waals surface area contributed by atoms with Crippen molar-refractivity contribution >= 4 is 0 Å². The van der Waals surface area contributed by atoms with Crippen LogP contribution >= 0.6 is 0 Å². The molecular weight excluding hydrogens is 140 g/mol. The molecule has 1 aliphatic rings. The second-order valence-corrected chi connectivity index (χ2v) is 1.82. The first-order valence-electron chi connectivity index (χ1n) is 4.66. The largest absolute Gasteiger partial charge is 0.394 e. The van der Waals surface area contributed by atoms with Gasteiger partial charge in [-0.25, -0.2) is 0 Å². The zero-order valence-electron chi connectivity index (χ0n) is 8.26. The van der Waals surface area contributed by atoms with E-state index in [1.165, 1.54) is 0 Å². The molecule has 2 heteroatoms. The molecule has 0 aromatic rings. The number of hydrogen-bond acceptors (Lipinski definition) is 2. The summed E-state index contributed by atoms with van der Waals surface area (Å²) in [5.74, 6) is 0. The molecule has 0 radical (unpaired) electrons. The number of aliphatic hydroxyl groups is 1. The van der Waals surface area contributed by atoms with Gasteiger partial charge in [0, 0.05) is 6.61 Å². The van der Waals surface area contributed by atoms with Crippen LogP contribution in [0.5, 0.6) is 0 Å². The molecule has 0 amide bonds. The standard InChI is InChI=1S/C5H10O2.2C2H6/c6-4-5-2-1-3-7-5;2*1-2/h5-6H,1-4H2;2*1-2H3. The molecule has 0 aromatic carbocycles. The van der Waals surface area contributed by atoms with Crippen molar-refractivity contribution in [1.82, 2.24) is 0 Å². The minimum atomic E-state index is 0.153. The monoisotopic (exact) mass is 162 g/mol. The van der Waals surface area contributed by atoms with Crippen LogP contribution in [0.1, 0.15) is 40.5 Å². The number of aliphatic hydroxyl groups excluding tert-OH is 1. The zero-order valence-corrected chi connectivity index (χ0v) is 8.26. The Labute approximate surface area is 70.6 Å². The average molecular weight is 162 g/mol. The third-order valence-electron chi connectivity index (χ3n) is 1.23. The second kappa shape index (κ2) is 12.6. The van der Waals surface area contributed by atoms with E-state index >= 15 is 0 Å². The van der Waals surface area contributed by atoms with E-state index in [1.54, 1.807) is 0 Å². The van der Waals surface area contributed by atoms with Gasteiger partial charge >= 0.3 is 0 Å². The molecule has 11 heavy (non-hydrogen) atoms. The van der Waals surface area contributed by atoms with Crippen LogP contribution in [0.15, 0.2) is 0 Å². The molecule has 0 aromatic heterocycles. The van der Waals surface area contributed by atoms with Gasteiger partial charge in [0.25, 0.3) is 0 Å². The highest BCUT2D eigenvalue weighted by Gasteiger charge is 2.12. The van der Waals surface area contributed by atoms with Crippen LogP contribution in [0.25, 0.3) is 0 Å². The minimum absolute atomic E-state index is 0.153. The summed E-state index contributed by atoms with van der Waals surface area (Å²) in [6.07, 6.45) is 2.31. The molecule has 1 rings (SSSR count). The van der Waals surface area contributed by atoms with Crippen molar-refractivity contribution in [2.75, 3.05) is 13.2 Å². The summed E-state index contributed by atoms with van der Waals surface area (Å²) in [5, 5.41) is 8.44. The summed E-state index contributed by atoms with van der Waals surface area (Å²) in [4.78, 5) is 0. The average Bonchev–Trinajstić information content (AvgIpc) is 2.63. The fraction of sp³-hybridized carbons (Fsp3) is 1.00. The van der Waals surface area contributed by atoms with E-state index in [0.29, 0.717) is 0 Å². The van der Waals surface area contributed by atoms with Gasteiger partial charge in [-0.15, -0.1) is 0 Å². The molecule has 1 saturated heterocycles. The highest BCUT2D eigenvalue weighted by molar-refractivity contribution is 4.61. The Morgan fingerprint density at radius 1 is 1.27 bits per heavy atom. The number of rotatable bonds is 1. The Balaban J connectivity index is 0. The summed E-state index contributed by atoms with van der Waals surface area (Å²) >= 11 is 0. The van der Waals surface area contributed by atoms with Crippen molar-refractivity contribution in [3.8, 4) is 0 Å². The maximum Gasteiger partial charge on any atom is 0.0806 e. The lowest BCUT2D eigenvalue weighted by Crippen LogP contribution is -2.09. The van der Waals surface area contributed by atoms with Crippen LogP contribution in [0.3, 0.4) is 0 Å². The van der Waals surface area contributed by atoms with E-state index in [9.17, 15) is 0 Å². The molecule has 70 valence electrons. The van der Waals surface area contributed by atoms with Crippen molar-refractivity contribution in [3.05, 3.63) is 0 Å². The van der Waals surface area contributed by atoms with Crippen LogP contribution in [0, 0.1) is 0 Å². The molecule has 0 aliphatic carbocycles. The molecule has 0 spiro atoms. The Morgan fingerprint density at radius 2 is 1.82 bits per heavy atom. The molecule has 1 N–H and O–H groups in total. The molecule has 2 nitrogen and oxygen atoms in total. The van der Waals surface area contributed by atoms with Gasteiger partial charge in [-0.05, 0) is 12.8 Å². The summed E-state index contributed by atoms with van der Waals surface area (Å²) in [6.45, 7) is 9.03. The van der Waals surface area contributed by atoms with Gasteiger partial charge in [0.05, 0.1) is 12.7 Å². The first-order valence-corrected chi connectivity index (χ1v) is 4.66. The topological polar surface area (TPSA) is 29.5 Å². The quantitative estimate of drug-likeness (QED) is 0.640. The first-order chi connectivity index (χ1) is 5.43. The smallest absolute Gasteiger partial charge is 0.0806 e. The Bertz CT molecular complexity index is 49.5. The molecule has 1 heterocycles. The SMILES string of the molecule is CC.CC.OCC1CCCO1. The predicted molar refractivity (Wildman–Crippen MR) is 48.8 cm³/mol. The zero-order chi connectivity index (χ0) is 9.11. The van der Waals surface area contributed by atoms with Gasteiger partial charge in [-0.1, -0.05) is 27.7 Å². The lowest BCUT2D eigenvalue weighted by molar-refractivity contribution is 0.0591. The molecule has 0 saturated carbocycles. The summed E-state index contributed by atoms with van der Waals surface area (Å²) in [5.41, 5.74) is 0. The van der Waals surface area contributed by atoms with Gasteiger partial charge < -0.3 is 9.84 Å². The summed E-state index contributed by atoms with van der Waals surface area (Å²) in [6, 6.07) is 0. The van der Waals surface area contributed by atoms with E-state index in [1.807, 2.05) is 27.7 Å². The highest BCUT2D eigenvalue weighted by atomic mass is 16.5. The van der Waals surface area contributed by atoms with Crippen LogP contribution in [-0.2, 0) is 4.74 Å². The molecule has 1 unspecified atom stereocenters. The third kappa shape index (κ3) is 7.82. The molecule has 1 fully saturated rings. The fourth-order valence-electron chi connectivity index (χ4n) is 0.788. The number of ether oxygens (including phenoxy) is 1. The maximum absolute atomic E-state index is 8.44. The fourth-order valence-corrected chi connectivity index (χ4v) is 0.788. The van der Waals surface area contributed by atoms with Crippen LogP contribution in [0.2, 0.25) is 0 Å². The van der Waals surface area contributed by atoms with E-state index in [2.05, 4.69) is 0 Å². The summed E-state index contributed by atoms with van der Waals surface area (Å²) in [7, 11) is 0. The van der Waals surface area contributed by atoms with Gasteiger partial charge in [-0.3, -0.25) is 0 Å². The normalized spacial score (nSPS) is 21.0. The van der Waals surface area contributed by atoms with E-state index in [-0.39, 0.29) is 12.7 Å². The maximum atomic E-state index is 8.44. The number of hydrogen-bond donors (Lipinski definition) is 1. The molecule has 1 atom stereocenters. The van der Waals surface area contributed by atoms with Gasteiger partial charge in [0.1, 0.15) is 0 Å². The Morgan fingerprint density at radius 3 is 2.00 bits per heavy atom. The van der Waals surface area contributed by atoms with Crippen LogP contribution < -0.4 is 0 Å². The van der Waals surface area contributed by atoms with Crippen molar-refractivity contribution in [2.24, 2.45) is 0 Å². The summed E-state index contributed by atoms with van der Waals surface area (Å²) < 4.78 is 5.05. The van der Waals surface area contributed by atoms with Crippen molar-refractivity contribution in [1.29, 1.82) is 0 Å². The minimum Gasteiger partial charge on any atom is -0.394 e. The van der Waals surface area contributed by atoms with Crippen molar-refractivity contribution in [2.45, 2.75) is 46.6 Å². The van der Waals surface area contributed by atoms with Crippen LogP contribution in [0.4, 0.5) is 0 Å². The molecular formula is C9H22O2. The van der Waals surface area contributed by atoms with Gasteiger partial charge in [0.15, 0.2) is 0 Å². The lowest BCUT2D eigenvalue weighted by atomic mass is 10.2. The molecule has 1 aliphatic heterocycles.